The van der Waals surface area contributed by atoms with Crippen LogP contribution >= 0.6 is 0 Å². The monoisotopic (exact) mass is 498 g/mol. The molecule has 1 aromatic carbocycles. The molecule has 4 heterocycles. The molecule has 0 aliphatic carbocycles. The third kappa shape index (κ3) is 5.39. The fourth-order valence-electron chi connectivity index (χ4n) is 5.56. The summed E-state index contributed by atoms with van der Waals surface area (Å²) in [6.45, 7) is 5.45. The van der Waals surface area contributed by atoms with Crippen molar-refractivity contribution in [3.05, 3.63) is 29.3 Å². The van der Waals surface area contributed by atoms with Crippen LogP contribution in [0.4, 0.5) is 0 Å². The Balaban J connectivity index is 1.17. The highest BCUT2D eigenvalue weighted by molar-refractivity contribution is 6.05. The lowest BCUT2D eigenvalue weighted by atomic mass is 10.0. The highest BCUT2D eigenvalue weighted by Gasteiger charge is 2.39. The number of nitrogens with zero attached hydrogens (tertiary/aromatic N) is 3. The number of piperidine rings is 2. The number of imide groups is 1. The van der Waals surface area contributed by atoms with E-state index in [9.17, 15) is 19.2 Å². The maximum Gasteiger partial charge on any atom is 0.255 e. The summed E-state index contributed by atoms with van der Waals surface area (Å²) in [5, 5.41) is 2.33. The molecule has 0 radical (unpaired) electrons. The standard InChI is InChI=1S/C26H34N4O6/c31-23-7-6-22(25(33)27-23)30-16-18-15-20(4-5-21(18)26(30)34)36-17-19-3-1-2-9-29(19)24(32)8-10-28-11-13-35-14-12-28/h4-5,15,19,22H,1-3,6-14,16-17H2,(H,27,31,33). The van der Waals surface area contributed by atoms with Crippen LogP contribution in [-0.4, -0.2) is 96.4 Å². The van der Waals surface area contributed by atoms with Gasteiger partial charge in [0.25, 0.3) is 5.91 Å². The second-order valence-corrected chi connectivity index (χ2v) is 9.97. The quantitative estimate of drug-likeness (QED) is 0.557. The van der Waals surface area contributed by atoms with E-state index < -0.39 is 11.9 Å². The fraction of sp³-hybridized carbons (Fsp3) is 0.615. The summed E-state index contributed by atoms with van der Waals surface area (Å²) in [6.07, 6.45) is 4.07. The number of amides is 4. The maximum absolute atomic E-state index is 13.0. The summed E-state index contributed by atoms with van der Waals surface area (Å²) in [5.41, 5.74) is 1.37. The smallest absolute Gasteiger partial charge is 0.255 e. The number of hydrogen-bond acceptors (Lipinski definition) is 7. The zero-order valence-corrected chi connectivity index (χ0v) is 20.6. The van der Waals surface area contributed by atoms with Crippen molar-refractivity contribution in [2.75, 3.05) is 46.0 Å². The molecule has 0 bridgehead atoms. The van der Waals surface area contributed by atoms with Crippen LogP contribution in [0.5, 0.6) is 5.75 Å². The van der Waals surface area contributed by atoms with Crippen molar-refractivity contribution in [1.29, 1.82) is 0 Å². The minimum atomic E-state index is -0.633. The first kappa shape index (κ1) is 24.7. The van der Waals surface area contributed by atoms with Gasteiger partial charge in [-0.25, -0.2) is 0 Å². The van der Waals surface area contributed by atoms with E-state index in [1.54, 1.807) is 12.1 Å². The van der Waals surface area contributed by atoms with Crippen LogP contribution in [-0.2, 0) is 25.7 Å². The molecule has 10 heteroatoms. The van der Waals surface area contributed by atoms with Crippen LogP contribution < -0.4 is 10.1 Å². The van der Waals surface area contributed by atoms with Crippen LogP contribution in [0.2, 0.25) is 0 Å². The van der Waals surface area contributed by atoms with E-state index >= 15 is 0 Å². The van der Waals surface area contributed by atoms with Crippen molar-refractivity contribution in [2.24, 2.45) is 0 Å². The number of likely N-dealkylation sites (tertiary alicyclic amines) is 1. The first-order valence-corrected chi connectivity index (χ1v) is 13.0. The average molecular weight is 499 g/mol. The first-order chi connectivity index (χ1) is 17.5. The Morgan fingerprint density at radius 3 is 2.72 bits per heavy atom. The van der Waals surface area contributed by atoms with Gasteiger partial charge in [0.05, 0.1) is 19.3 Å². The van der Waals surface area contributed by atoms with Gasteiger partial charge < -0.3 is 19.3 Å². The Labute approximate surface area is 210 Å². The molecule has 4 aliphatic rings. The van der Waals surface area contributed by atoms with E-state index in [0.29, 0.717) is 37.3 Å². The lowest BCUT2D eigenvalue weighted by Crippen LogP contribution is -2.52. The summed E-state index contributed by atoms with van der Waals surface area (Å²) in [5.74, 6) is -0.0884. The molecule has 2 unspecified atom stereocenters. The molecule has 3 fully saturated rings. The second kappa shape index (κ2) is 11.0. The van der Waals surface area contributed by atoms with Crippen LogP contribution in [0.15, 0.2) is 18.2 Å². The highest BCUT2D eigenvalue weighted by atomic mass is 16.5. The van der Waals surface area contributed by atoms with Gasteiger partial charge in [-0.2, -0.15) is 0 Å². The van der Waals surface area contributed by atoms with Gasteiger partial charge in [-0.05, 0) is 49.4 Å². The lowest BCUT2D eigenvalue weighted by molar-refractivity contribution is -0.137. The number of ether oxygens (including phenoxy) is 2. The normalized spacial score (nSPS) is 25.1. The molecule has 2 atom stereocenters. The number of carbonyl (C=O) groups is 4. The van der Waals surface area contributed by atoms with Gasteiger partial charge in [-0.3, -0.25) is 29.4 Å². The average Bonchev–Trinajstić information content (AvgIpc) is 3.22. The summed E-state index contributed by atoms with van der Waals surface area (Å²) in [7, 11) is 0. The van der Waals surface area contributed by atoms with E-state index in [0.717, 1.165) is 64.2 Å². The minimum Gasteiger partial charge on any atom is -0.491 e. The van der Waals surface area contributed by atoms with E-state index in [4.69, 9.17) is 9.47 Å². The van der Waals surface area contributed by atoms with E-state index in [2.05, 4.69) is 10.2 Å². The molecule has 3 saturated heterocycles. The Morgan fingerprint density at radius 1 is 1.08 bits per heavy atom. The topological polar surface area (TPSA) is 108 Å². The number of carbonyl (C=O) groups excluding carboxylic acids is 4. The van der Waals surface area contributed by atoms with Crippen molar-refractivity contribution in [1.82, 2.24) is 20.0 Å². The number of nitrogens with one attached hydrogen (secondary N) is 1. The van der Waals surface area contributed by atoms with Gasteiger partial charge in [0.1, 0.15) is 18.4 Å². The van der Waals surface area contributed by atoms with Gasteiger partial charge in [0.2, 0.25) is 17.7 Å². The lowest BCUT2D eigenvalue weighted by Gasteiger charge is -2.36. The van der Waals surface area contributed by atoms with Gasteiger partial charge >= 0.3 is 0 Å². The zero-order chi connectivity index (χ0) is 25.1. The molecule has 10 nitrogen and oxygen atoms in total. The Morgan fingerprint density at radius 2 is 1.92 bits per heavy atom. The van der Waals surface area contributed by atoms with Gasteiger partial charge in [-0.1, -0.05) is 0 Å². The van der Waals surface area contributed by atoms with Crippen LogP contribution in [0.25, 0.3) is 0 Å². The number of hydrogen-bond donors (Lipinski definition) is 1. The molecule has 36 heavy (non-hydrogen) atoms. The highest BCUT2D eigenvalue weighted by Crippen LogP contribution is 2.30. The van der Waals surface area contributed by atoms with Crippen molar-refractivity contribution in [3.8, 4) is 5.75 Å². The number of fused-ring (bicyclic) bond motifs is 1. The minimum absolute atomic E-state index is 0.0331. The SMILES string of the molecule is O=C1CCC(N2Cc3cc(OCC4CCCCN4C(=O)CCN4CCOCC4)ccc3C2=O)C(=O)N1. The largest absolute Gasteiger partial charge is 0.491 e. The van der Waals surface area contributed by atoms with E-state index in [1.807, 2.05) is 11.0 Å². The van der Waals surface area contributed by atoms with Crippen LogP contribution in [0.1, 0.15) is 54.4 Å². The van der Waals surface area contributed by atoms with Crippen LogP contribution in [0, 0.1) is 0 Å². The molecule has 0 saturated carbocycles. The third-order valence-corrected chi connectivity index (χ3v) is 7.63. The van der Waals surface area contributed by atoms with Crippen molar-refractivity contribution >= 4 is 23.6 Å². The van der Waals surface area contributed by atoms with E-state index in [-0.39, 0.29) is 30.2 Å². The molecule has 1 aromatic rings. The summed E-state index contributed by atoms with van der Waals surface area (Å²) >= 11 is 0. The number of rotatable bonds is 7. The Hall–Kier alpha value is -2.98. The predicted octanol–water partition coefficient (Wildman–Crippen LogP) is 0.930. The Kier molecular flexibility index (Phi) is 7.52. The fourth-order valence-corrected chi connectivity index (χ4v) is 5.56. The van der Waals surface area contributed by atoms with Gasteiger partial charge in [0, 0.05) is 51.1 Å². The number of morpholine rings is 1. The molecular weight excluding hydrogens is 464 g/mol. The molecule has 0 aromatic heterocycles. The molecule has 0 spiro atoms. The van der Waals surface area contributed by atoms with Gasteiger partial charge in [-0.15, -0.1) is 0 Å². The molecule has 5 rings (SSSR count). The molecule has 194 valence electrons. The van der Waals surface area contributed by atoms with Crippen molar-refractivity contribution in [3.63, 3.8) is 0 Å². The molecule has 4 aliphatic heterocycles. The van der Waals surface area contributed by atoms with Crippen molar-refractivity contribution < 1.29 is 28.7 Å². The summed E-state index contributed by atoms with van der Waals surface area (Å²) < 4.78 is 11.5. The zero-order valence-electron chi connectivity index (χ0n) is 20.6. The van der Waals surface area contributed by atoms with Crippen LogP contribution in [0.3, 0.4) is 0 Å². The maximum atomic E-state index is 13.0. The van der Waals surface area contributed by atoms with E-state index in [1.165, 1.54) is 4.90 Å². The molecular formula is C26H34N4O6. The first-order valence-electron chi connectivity index (χ1n) is 13.0. The van der Waals surface area contributed by atoms with Crippen molar-refractivity contribution in [2.45, 2.75) is 57.2 Å². The number of benzene rings is 1. The summed E-state index contributed by atoms with van der Waals surface area (Å²) in [6, 6.07) is 4.77. The second-order valence-electron chi connectivity index (χ2n) is 9.97. The molecule has 4 amide bonds. The van der Waals surface area contributed by atoms with Gasteiger partial charge in [0.15, 0.2) is 0 Å². The molecule has 1 N–H and O–H groups in total. The predicted molar refractivity (Wildman–Crippen MR) is 129 cm³/mol. The third-order valence-electron chi connectivity index (χ3n) is 7.63. The summed E-state index contributed by atoms with van der Waals surface area (Å²) in [4.78, 5) is 55.4. The Bertz CT molecular complexity index is 1020.